The minimum Gasteiger partial charge on any atom is -0.342 e. The molecule has 0 spiro atoms. The maximum absolute atomic E-state index is 13.2. The SMILES string of the molecule is Cc1cc(C)c(S(=O)(=O)N2CCN(CC(=O)N3CCCCCC3)CC2)c(C)c1. The number of rotatable bonds is 4. The second kappa shape index (κ2) is 8.93. The van der Waals surface area contributed by atoms with E-state index in [0.717, 1.165) is 42.6 Å². The molecule has 0 atom stereocenters. The summed E-state index contributed by atoms with van der Waals surface area (Å²) in [6, 6.07) is 3.85. The average molecular weight is 408 g/mol. The lowest BCUT2D eigenvalue weighted by Crippen LogP contribution is -2.51. The lowest BCUT2D eigenvalue weighted by Gasteiger charge is -2.35. The van der Waals surface area contributed by atoms with E-state index in [-0.39, 0.29) is 5.91 Å². The van der Waals surface area contributed by atoms with Crippen molar-refractivity contribution in [2.45, 2.75) is 51.3 Å². The Bertz CT molecular complexity index is 783. The Hall–Kier alpha value is -1.44. The van der Waals surface area contributed by atoms with Gasteiger partial charge in [0.2, 0.25) is 15.9 Å². The number of carbonyl (C=O) groups is 1. The zero-order valence-electron chi connectivity index (χ0n) is 17.4. The van der Waals surface area contributed by atoms with Gasteiger partial charge in [0.25, 0.3) is 0 Å². The van der Waals surface area contributed by atoms with Crippen molar-refractivity contribution in [3.05, 3.63) is 28.8 Å². The van der Waals surface area contributed by atoms with E-state index >= 15 is 0 Å². The van der Waals surface area contributed by atoms with Gasteiger partial charge in [-0.2, -0.15) is 4.31 Å². The zero-order chi connectivity index (χ0) is 20.3. The third-order valence-corrected chi connectivity index (χ3v) is 8.06. The molecule has 2 saturated heterocycles. The summed E-state index contributed by atoms with van der Waals surface area (Å²) in [5, 5.41) is 0. The van der Waals surface area contributed by atoms with Gasteiger partial charge in [0.15, 0.2) is 0 Å². The molecule has 0 N–H and O–H groups in total. The Kier molecular flexibility index (Phi) is 6.78. The highest BCUT2D eigenvalue weighted by atomic mass is 32.2. The van der Waals surface area contributed by atoms with Gasteiger partial charge in [0, 0.05) is 39.3 Å². The first-order chi connectivity index (χ1) is 13.3. The van der Waals surface area contributed by atoms with Gasteiger partial charge in [-0.05, 0) is 44.7 Å². The Balaban J connectivity index is 1.61. The fraction of sp³-hybridized carbons (Fsp3) is 0.667. The molecule has 1 aromatic carbocycles. The fourth-order valence-electron chi connectivity index (χ4n) is 4.44. The molecule has 2 aliphatic heterocycles. The number of carbonyl (C=O) groups excluding carboxylic acids is 1. The molecule has 2 fully saturated rings. The standard InChI is InChI=1S/C21H33N3O3S/c1-17-14-18(2)21(19(3)15-17)28(26,27)24-12-10-22(11-13-24)16-20(25)23-8-6-4-5-7-9-23/h14-15H,4-13,16H2,1-3H3. The van der Waals surface area contributed by atoms with E-state index in [9.17, 15) is 13.2 Å². The third kappa shape index (κ3) is 4.75. The van der Waals surface area contributed by atoms with Crippen LogP contribution < -0.4 is 0 Å². The molecule has 2 heterocycles. The van der Waals surface area contributed by atoms with Gasteiger partial charge in [0.1, 0.15) is 0 Å². The fourth-order valence-corrected chi connectivity index (χ4v) is 6.28. The van der Waals surface area contributed by atoms with Crippen LogP contribution in [-0.4, -0.2) is 74.2 Å². The van der Waals surface area contributed by atoms with Crippen molar-refractivity contribution in [3.8, 4) is 0 Å². The third-order valence-electron chi connectivity index (χ3n) is 5.85. The van der Waals surface area contributed by atoms with Crippen LogP contribution in [0.5, 0.6) is 0 Å². The van der Waals surface area contributed by atoms with Crippen molar-refractivity contribution in [2.75, 3.05) is 45.8 Å². The van der Waals surface area contributed by atoms with Crippen LogP contribution in [0.25, 0.3) is 0 Å². The smallest absolute Gasteiger partial charge is 0.243 e. The van der Waals surface area contributed by atoms with E-state index in [1.807, 2.05) is 37.8 Å². The molecule has 2 aliphatic rings. The topological polar surface area (TPSA) is 60.9 Å². The number of sulfonamides is 1. The molecule has 3 rings (SSSR count). The maximum atomic E-state index is 13.2. The number of hydrogen-bond donors (Lipinski definition) is 0. The van der Waals surface area contributed by atoms with E-state index in [2.05, 4.69) is 4.90 Å². The first-order valence-electron chi connectivity index (χ1n) is 10.4. The van der Waals surface area contributed by atoms with Gasteiger partial charge in [0.05, 0.1) is 11.4 Å². The minimum atomic E-state index is -3.51. The normalized spacial score (nSPS) is 20.2. The first kappa shape index (κ1) is 21.3. The molecular weight excluding hydrogens is 374 g/mol. The zero-order valence-corrected chi connectivity index (χ0v) is 18.2. The average Bonchev–Trinajstić information content (AvgIpc) is 2.90. The van der Waals surface area contributed by atoms with Crippen LogP contribution in [0.2, 0.25) is 0 Å². The van der Waals surface area contributed by atoms with E-state index < -0.39 is 10.0 Å². The Morgan fingerprint density at radius 1 is 0.857 bits per heavy atom. The predicted molar refractivity (Wildman–Crippen MR) is 111 cm³/mol. The number of piperazine rings is 1. The van der Waals surface area contributed by atoms with Gasteiger partial charge in [-0.3, -0.25) is 9.69 Å². The minimum absolute atomic E-state index is 0.184. The molecule has 0 aliphatic carbocycles. The van der Waals surface area contributed by atoms with Crippen molar-refractivity contribution in [3.63, 3.8) is 0 Å². The molecule has 0 unspecified atom stereocenters. The van der Waals surface area contributed by atoms with Gasteiger partial charge >= 0.3 is 0 Å². The molecule has 0 radical (unpaired) electrons. The molecule has 0 aromatic heterocycles. The number of likely N-dealkylation sites (tertiary alicyclic amines) is 1. The van der Waals surface area contributed by atoms with Crippen LogP contribution in [0, 0.1) is 20.8 Å². The number of nitrogens with zero attached hydrogens (tertiary/aromatic N) is 3. The maximum Gasteiger partial charge on any atom is 0.243 e. The van der Waals surface area contributed by atoms with Gasteiger partial charge < -0.3 is 4.90 Å². The van der Waals surface area contributed by atoms with Crippen molar-refractivity contribution in [1.29, 1.82) is 0 Å². The lowest BCUT2D eigenvalue weighted by molar-refractivity contribution is -0.132. The Labute approximate surface area is 169 Å². The van der Waals surface area contributed by atoms with Crippen LogP contribution in [0.3, 0.4) is 0 Å². The van der Waals surface area contributed by atoms with Crippen molar-refractivity contribution in [2.24, 2.45) is 0 Å². The highest BCUT2D eigenvalue weighted by Gasteiger charge is 2.31. The van der Waals surface area contributed by atoms with E-state index in [4.69, 9.17) is 0 Å². The highest BCUT2D eigenvalue weighted by molar-refractivity contribution is 7.89. The summed E-state index contributed by atoms with van der Waals surface area (Å²) in [5.74, 6) is 0.184. The summed E-state index contributed by atoms with van der Waals surface area (Å²) in [5.41, 5.74) is 2.68. The summed E-state index contributed by atoms with van der Waals surface area (Å²) in [4.78, 5) is 17.1. The molecule has 156 valence electrons. The number of aryl methyl sites for hydroxylation is 3. The first-order valence-corrected chi connectivity index (χ1v) is 11.8. The Morgan fingerprint density at radius 3 is 1.93 bits per heavy atom. The van der Waals surface area contributed by atoms with Crippen LogP contribution in [0.1, 0.15) is 42.4 Å². The van der Waals surface area contributed by atoms with Crippen LogP contribution in [0.15, 0.2) is 17.0 Å². The van der Waals surface area contributed by atoms with Gasteiger partial charge in [-0.1, -0.05) is 30.5 Å². The Morgan fingerprint density at radius 2 is 1.39 bits per heavy atom. The number of amides is 1. The number of hydrogen-bond acceptors (Lipinski definition) is 4. The quantitative estimate of drug-likeness (QED) is 0.769. The van der Waals surface area contributed by atoms with Crippen molar-refractivity contribution < 1.29 is 13.2 Å². The van der Waals surface area contributed by atoms with Gasteiger partial charge in [-0.15, -0.1) is 0 Å². The largest absolute Gasteiger partial charge is 0.342 e. The molecule has 28 heavy (non-hydrogen) atoms. The summed E-state index contributed by atoms with van der Waals surface area (Å²) in [7, 11) is -3.51. The van der Waals surface area contributed by atoms with Gasteiger partial charge in [-0.25, -0.2) is 8.42 Å². The highest BCUT2D eigenvalue weighted by Crippen LogP contribution is 2.26. The molecule has 0 bridgehead atoms. The number of benzene rings is 1. The van der Waals surface area contributed by atoms with E-state index in [0.29, 0.717) is 37.6 Å². The predicted octanol–water partition coefficient (Wildman–Crippen LogP) is 2.32. The van der Waals surface area contributed by atoms with Crippen molar-refractivity contribution in [1.82, 2.24) is 14.1 Å². The second-order valence-corrected chi connectivity index (χ2v) is 10.1. The molecular formula is C21H33N3O3S. The summed E-state index contributed by atoms with van der Waals surface area (Å²) >= 11 is 0. The molecule has 1 amide bonds. The monoisotopic (exact) mass is 407 g/mol. The summed E-state index contributed by atoms with van der Waals surface area (Å²) in [6.07, 6.45) is 4.59. The summed E-state index contributed by atoms with van der Waals surface area (Å²) in [6.45, 7) is 9.90. The van der Waals surface area contributed by atoms with E-state index in [1.165, 1.54) is 12.8 Å². The molecule has 0 saturated carbocycles. The van der Waals surface area contributed by atoms with Crippen LogP contribution in [0.4, 0.5) is 0 Å². The molecule has 7 heteroatoms. The van der Waals surface area contributed by atoms with Crippen LogP contribution >= 0.6 is 0 Å². The molecule has 1 aromatic rings. The van der Waals surface area contributed by atoms with E-state index in [1.54, 1.807) is 4.31 Å². The molecule has 6 nitrogen and oxygen atoms in total. The van der Waals surface area contributed by atoms with Crippen LogP contribution in [-0.2, 0) is 14.8 Å². The second-order valence-electron chi connectivity index (χ2n) is 8.20. The van der Waals surface area contributed by atoms with Crippen molar-refractivity contribution >= 4 is 15.9 Å². The lowest BCUT2D eigenvalue weighted by atomic mass is 10.1. The summed E-state index contributed by atoms with van der Waals surface area (Å²) < 4.78 is 27.9.